The molecule has 0 fully saturated rings. The predicted molar refractivity (Wildman–Crippen MR) is 56.3 cm³/mol. The standard InChI is InChI=1S/C10H17ClO3/c1-10(2,3)14-9(13)6-4-5-8(12)7-11/h4,6,8,12H,5,7H2,1-3H3/b6-4+/t8-/m0/s1. The first-order valence-corrected chi connectivity index (χ1v) is 5.02. The van der Waals surface area contributed by atoms with Crippen molar-refractivity contribution in [2.45, 2.75) is 38.9 Å². The lowest BCUT2D eigenvalue weighted by Gasteiger charge is -2.17. The summed E-state index contributed by atoms with van der Waals surface area (Å²) in [6, 6.07) is 0. The SMILES string of the molecule is CC(C)(C)OC(=O)/C=C/C[C@H](O)CCl. The van der Waals surface area contributed by atoms with Crippen LogP contribution in [-0.4, -0.2) is 28.7 Å². The van der Waals surface area contributed by atoms with Gasteiger partial charge in [0.05, 0.1) is 6.10 Å². The molecule has 0 unspecified atom stereocenters. The van der Waals surface area contributed by atoms with Crippen LogP contribution in [0.3, 0.4) is 0 Å². The van der Waals surface area contributed by atoms with Gasteiger partial charge in [-0.3, -0.25) is 0 Å². The van der Waals surface area contributed by atoms with Crippen molar-refractivity contribution in [1.29, 1.82) is 0 Å². The number of hydrogen-bond acceptors (Lipinski definition) is 3. The first-order chi connectivity index (χ1) is 6.35. The van der Waals surface area contributed by atoms with Gasteiger partial charge in [-0.25, -0.2) is 4.79 Å². The quantitative estimate of drug-likeness (QED) is 0.447. The van der Waals surface area contributed by atoms with Gasteiger partial charge in [-0.15, -0.1) is 11.6 Å². The van der Waals surface area contributed by atoms with Crippen LogP contribution in [0.1, 0.15) is 27.2 Å². The Balaban J connectivity index is 3.83. The second-order valence-electron chi connectivity index (χ2n) is 3.98. The maximum atomic E-state index is 11.1. The first kappa shape index (κ1) is 13.5. The zero-order chi connectivity index (χ0) is 11.2. The number of esters is 1. The van der Waals surface area contributed by atoms with Gasteiger partial charge in [0.25, 0.3) is 0 Å². The van der Waals surface area contributed by atoms with Crippen LogP contribution in [0, 0.1) is 0 Å². The van der Waals surface area contributed by atoms with Crippen LogP contribution < -0.4 is 0 Å². The number of halogens is 1. The smallest absolute Gasteiger partial charge is 0.330 e. The molecule has 0 aromatic rings. The van der Waals surface area contributed by atoms with E-state index in [9.17, 15) is 4.79 Å². The van der Waals surface area contributed by atoms with Gasteiger partial charge in [0, 0.05) is 12.0 Å². The summed E-state index contributed by atoms with van der Waals surface area (Å²) in [7, 11) is 0. The molecule has 0 aliphatic rings. The molecule has 0 radical (unpaired) electrons. The number of carbonyl (C=O) groups excluding carboxylic acids is 1. The van der Waals surface area contributed by atoms with Crippen LogP contribution in [0.5, 0.6) is 0 Å². The van der Waals surface area contributed by atoms with Gasteiger partial charge in [-0.1, -0.05) is 6.08 Å². The molecule has 0 saturated heterocycles. The highest BCUT2D eigenvalue weighted by Gasteiger charge is 2.13. The summed E-state index contributed by atoms with van der Waals surface area (Å²) >= 11 is 5.37. The molecule has 4 heteroatoms. The largest absolute Gasteiger partial charge is 0.457 e. The second kappa shape index (κ2) is 6.04. The monoisotopic (exact) mass is 220 g/mol. The lowest BCUT2D eigenvalue weighted by molar-refractivity contribution is -0.148. The second-order valence-corrected chi connectivity index (χ2v) is 4.29. The first-order valence-electron chi connectivity index (χ1n) is 4.48. The summed E-state index contributed by atoms with van der Waals surface area (Å²) in [5, 5.41) is 9.07. The number of ether oxygens (including phenoxy) is 1. The fraction of sp³-hybridized carbons (Fsp3) is 0.700. The minimum absolute atomic E-state index is 0.165. The topological polar surface area (TPSA) is 46.5 Å². The third-order valence-corrected chi connectivity index (χ3v) is 1.60. The number of aliphatic hydroxyl groups excluding tert-OH is 1. The third kappa shape index (κ3) is 8.08. The summed E-state index contributed by atoms with van der Waals surface area (Å²) in [6.45, 7) is 5.39. The van der Waals surface area contributed by atoms with Crippen LogP contribution in [-0.2, 0) is 9.53 Å². The summed E-state index contributed by atoms with van der Waals surface area (Å²) in [6.07, 6.45) is 2.63. The molecule has 0 amide bonds. The van der Waals surface area contributed by atoms with E-state index in [1.165, 1.54) is 6.08 Å². The van der Waals surface area contributed by atoms with Crippen LogP contribution in [0.15, 0.2) is 12.2 Å². The molecule has 1 atom stereocenters. The third-order valence-electron chi connectivity index (χ3n) is 1.25. The highest BCUT2D eigenvalue weighted by Crippen LogP contribution is 2.07. The summed E-state index contributed by atoms with van der Waals surface area (Å²) < 4.78 is 5.01. The van der Waals surface area contributed by atoms with Crippen LogP contribution in [0.2, 0.25) is 0 Å². The van der Waals surface area contributed by atoms with Crippen LogP contribution in [0.4, 0.5) is 0 Å². The van der Waals surface area contributed by atoms with Crippen molar-refractivity contribution >= 4 is 17.6 Å². The molecule has 0 aromatic heterocycles. The zero-order valence-electron chi connectivity index (χ0n) is 8.79. The van der Waals surface area contributed by atoms with Gasteiger partial charge in [-0.05, 0) is 27.2 Å². The van der Waals surface area contributed by atoms with Crippen molar-refractivity contribution < 1.29 is 14.6 Å². The normalized spacial score (nSPS) is 14.4. The van der Waals surface area contributed by atoms with Crippen LogP contribution in [0.25, 0.3) is 0 Å². The Kier molecular flexibility index (Phi) is 5.81. The van der Waals surface area contributed by atoms with Crippen molar-refractivity contribution in [3.63, 3.8) is 0 Å². The molecule has 0 heterocycles. The Morgan fingerprint density at radius 1 is 1.57 bits per heavy atom. The Labute approximate surface area is 89.7 Å². The lowest BCUT2D eigenvalue weighted by Crippen LogP contribution is -2.22. The fourth-order valence-corrected chi connectivity index (χ4v) is 0.846. The van der Waals surface area contributed by atoms with Crippen molar-refractivity contribution in [1.82, 2.24) is 0 Å². The predicted octanol–water partition coefficient (Wildman–Crippen LogP) is 1.87. The highest BCUT2D eigenvalue weighted by atomic mass is 35.5. The fourth-order valence-electron chi connectivity index (χ4n) is 0.720. The Morgan fingerprint density at radius 3 is 2.57 bits per heavy atom. The van der Waals surface area contributed by atoms with E-state index in [2.05, 4.69) is 0 Å². The molecular formula is C10H17ClO3. The molecule has 0 saturated carbocycles. The molecular weight excluding hydrogens is 204 g/mol. The van der Waals surface area contributed by atoms with E-state index in [1.807, 2.05) is 0 Å². The van der Waals surface area contributed by atoms with E-state index in [-0.39, 0.29) is 5.88 Å². The van der Waals surface area contributed by atoms with Gasteiger partial charge in [0.1, 0.15) is 5.60 Å². The maximum absolute atomic E-state index is 11.1. The zero-order valence-corrected chi connectivity index (χ0v) is 9.54. The highest BCUT2D eigenvalue weighted by molar-refractivity contribution is 6.18. The Bertz CT molecular complexity index is 206. The molecule has 0 aromatic carbocycles. The molecule has 14 heavy (non-hydrogen) atoms. The minimum Gasteiger partial charge on any atom is -0.457 e. The van der Waals surface area contributed by atoms with E-state index >= 15 is 0 Å². The Hall–Kier alpha value is -0.540. The summed E-state index contributed by atoms with van der Waals surface area (Å²) in [5.74, 6) is -0.238. The van der Waals surface area contributed by atoms with Gasteiger partial charge in [0.15, 0.2) is 0 Å². The molecule has 0 aliphatic heterocycles. The van der Waals surface area contributed by atoms with Crippen molar-refractivity contribution in [2.24, 2.45) is 0 Å². The van der Waals surface area contributed by atoms with E-state index in [0.29, 0.717) is 6.42 Å². The van der Waals surface area contributed by atoms with Crippen molar-refractivity contribution in [2.75, 3.05) is 5.88 Å². The average Bonchev–Trinajstić information content (AvgIpc) is 2.00. The average molecular weight is 221 g/mol. The number of hydrogen-bond donors (Lipinski definition) is 1. The minimum atomic E-state index is -0.602. The maximum Gasteiger partial charge on any atom is 0.330 e. The molecule has 3 nitrogen and oxygen atoms in total. The van der Waals surface area contributed by atoms with E-state index < -0.39 is 17.7 Å². The van der Waals surface area contributed by atoms with Gasteiger partial charge >= 0.3 is 5.97 Å². The molecule has 0 rings (SSSR count). The van der Waals surface area contributed by atoms with Gasteiger partial charge < -0.3 is 9.84 Å². The van der Waals surface area contributed by atoms with Gasteiger partial charge in [-0.2, -0.15) is 0 Å². The number of rotatable bonds is 4. The molecule has 82 valence electrons. The number of aliphatic hydroxyl groups is 1. The summed E-state index contributed by atoms with van der Waals surface area (Å²) in [4.78, 5) is 11.1. The molecule has 0 bridgehead atoms. The van der Waals surface area contributed by atoms with Crippen molar-refractivity contribution in [3.05, 3.63) is 12.2 Å². The van der Waals surface area contributed by atoms with E-state index in [4.69, 9.17) is 21.4 Å². The van der Waals surface area contributed by atoms with E-state index in [1.54, 1.807) is 26.8 Å². The van der Waals surface area contributed by atoms with Gasteiger partial charge in [0.2, 0.25) is 0 Å². The molecule has 0 spiro atoms. The Morgan fingerprint density at radius 2 is 2.14 bits per heavy atom. The van der Waals surface area contributed by atoms with E-state index in [0.717, 1.165) is 0 Å². The summed E-state index contributed by atoms with van der Waals surface area (Å²) in [5.41, 5.74) is -0.480. The number of carbonyl (C=O) groups is 1. The van der Waals surface area contributed by atoms with Crippen LogP contribution >= 0.6 is 11.6 Å². The molecule has 0 aliphatic carbocycles. The number of alkyl halides is 1. The molecule has 1 N–H and O–H groups in total. The lowest BCUT2D eigenvalue weighted by atomic mass is 10.2. The van der Waals surface area contributed by atoms with Crippen molar-refractivity contribution in [3.8, 4) is 0 Å².